The summed E-state index contributed by atoms with van der Waals surface area (Å²) in [4.78, 5) is 14.8. The van der Waals surface area contributed by atoms with Crippen LogP contribution < -0.4 is 20.1 Å². The number of methoxy groups -OCH3 is 2. The van der Waals surface area contributed by atoms with Crippen molar-refractivity contribution in [2.45, 2.75) is 43.2 Å². The molecule has 0 unspecified atom stereocenters. The van der Waals surface area contributed by atoms with Crippen LogP contribution in [0.25, 0.3) is 0 Å². The van der Waals surface area contributed by atoms with Gasteiger partial charge in [0.05, 0.1) is 19.9 Å². The Balaban J connectivity index is 1.48. The Morgan fingerprint density at radius 3 is 2.55 bits per heavy atom. The number of carbonyl (C=O) groups is 1. The summed E-state index contributed by atoms with van der Waals surface area (Å²) in [5, 5.41) is 5.16. The average Bonchev–Trinajstić information content (AvgIpc) is 3.16. The zero-order valence-electron chi connectivity index (χ0n) is 18.9. The maximum absolute atomic E-state index is 13.9. The zero-order valence-corrected chi connectivity index (χ0v) is 18.9. The third kappa shape index (κ3) is 4.21. The van der Waals surface area contributed by atoms with Crippen molar-refractivity contribution in [3.8, 4) is 11.5 Å². The molecule has 2 fully saturated rings. The standard InChI is InChI=1S/C24H28F3N3O3/c1-30-11-10-24(14-4-7-18(32-2)19(12-14)33-3)9-8-15(13-20(24)30)28-23(31)29-17-6-5-16(25)21(26)22(17)27/h4-7,12,15,20H,8-11,13H2,1-3H3,(H2,28,29,31)/t15-,20+,24-/m0/s1. The van der Waals surface area contributed by atoms with E-state index in [9.17, 15) is 18.0 Å². The number of likely N-dealkylation sites (tertiary alicyclic amines) is 1. The SMILES string of the molecule is COc1ccc([C@@]23CC[C@H](NC(=O)Nc4ccc(F)c(F)c4F)C[C@H]2N(C)CC3)cc1OC. The molecule has 0 aromatic heterocycles. The van der Waals surface area contributed by atoms with Gasteiger partial charge in [0.15, 0.2) is 29.0 Å². The second kappa shape index (κ2) is 9.13. The van der Waals surface area contributed by atoms with Crippen molar-refractivity contribution in [2.75, 3.05) is 33.1 Å². The van der Waals surface area contributed by atoms with Gasteiger partial charge in [0.2, 0.25) is 0 Å². The first-order chi connectivity index (χ1) is 15.8. The molecule has 1 aliphatic carbocycles. The minimum atomic E-state index is -1.61. The van der Waals surface area contributed by atoms with Crippen LogP contribution in [0.3, 0.4) is 0 Å². The molecule has 0 radical (unpaired) electrons. The van der Waals surface area contributed by atoms with Gasteiger partial charge in [0, 0.05) is 17.5 Å². The van der Waals surface area contributed by atoms with Crippen molar-refractivity contribution < 1.29 is 27.4 Å². The topological polar surface area (TPSA) is 62.8 Å². The van der Waals surface area contributed by atoms with Crippen LogP contribution in [0.4, 0.5) is 23.7 Å². The van der Waals surface area contributed by atoms with Crippen LogP contribution in [0.5, 0.6) is 11.5 Å². The van der Waals surface area contributed by atoms with Gasteiger partial charge >= 0.3 is 6.03 Å². The molecule has 2 aromatic rings. The number of likely N-dealkylation sites (N-methyl/N-ethyl adjacent to an activating group) is 1. The molecule has 2 amide bonds. The number of fused-ring (bicyclic) bond motifs is 1. The quantitative estimate of drug-likeness (QED) is 0.644. The number of carbonyl (C=O) groups excluding carboxylic acids is 1. The molecule has 2 aliphatic rings. The normalized spacial score (nSPS) is 24.8. The summed E-state index contributed by atoms with van der Waals surface area (Å²) in [6.45, 7) is 0.929. The Morgan fingerprint density at radius 1 is 1.06 bits per heavy atom. The summed E-state index contributed by atoms with van der Waals surface area (Å²) < 4.78 is 51.4. The number of benzene rings is 2. The third-order valence-electron chi connectivity index (χ3n) is 7.10. The molecule has 178 valence electrons. The molecule has 2 aromatic carbocycles. The van der Waals surface area contributed by atoms with E-state index < -0.39 is 29.2 Å². The maximum Gasteiger partial charge on any atom is 0.319 e. The Bertz CT molecular complexity index is 1050. The van der Waals surface area contributed by atoms with Crippen LogP contribution in [0.1, 0.15) is 31.2 Å². The highest BCUT2D eigenvalue weighted by Gasteiger charge is 2.50. The number of nitrogens with one attached hydrogen (secondary N) is 2. The van der Waals surface area contributed by atoms with Crippen LogP contribution in [0.15, 0.2) is 30.3 Å². The van der Waals surface area contributed by atoms with Gasteiger partial charge in [0.1, 0.15) is 0 Å². The van der Waals surface area contributed by atoms with Crippen LogP contribution in [-0.2, 0) is 5.41 Å². The first-order valence-corrected chi connectivity index (χ1v) is 10.9. The predicted octanol–water partition coefficient (Wildman–Crippen LogP) is 4.44. The summed E-state index contributed by atoms with van der Waals surface area (Å²) in [6.07, 6.45) is 3.27. The lowest BCUT2D eigenvalue weighted by molar-refractivity contribution is 0.156. The van der Waals surface area contributed by atoms with Gasteiger partial charge < -0.3 is 25.0 Å². The van der Waals surface area contributed by atoms with Crippen LogP contribution in [0.2, 0.25) is 0 Å². The van der Waals surface area contributed by atoms with Crippen LogP contribution >= 0.6 is 0 Å². The maximum atomic E-state index is 13.9. The lowest BCUT2D eigenvalue weighted by Gasteiger charge is -2.45. The fourth-order valence-electron chi connectivity index (χ4n) is 5.36. The molecule has 1 aliphatic heterocycles. The van der Waals surface area contributed by atoms with E-state index in [0.717, 1.165) is 37.9 Å². The first kappa shape index (κ1) is 23.2. The number of amides is 2. The van der Waals surface area contributed by atoms with Crippen molar-refractivity contribution in [2.24, 2.45) is 0 Å². The van der Waals surface area contributed by atoms with Gasteiger partial charge in [0.25, 0.3) is 0 Å². The summed E-state index contributed by atoms with van der Waals surface area (Å²) in [6, 6.07) is 7.22. The van der Waals surface area contributed by atoms with Gasteiger partial charge in [-0.05, 0) is 69.1 Å². The highest BCUT2D eigenvalue weighted by molar-refractivity contribution is 5.89. The number of rotatable bonds is 5. The number of anilines is 1. The lowest BCUT2D eigenvalue weighted by Crippen LogP contribution is -2.52. The van der Waals surface area contributed by atoms with Crippen molar-refractivity contribution in [1.82, 2.24) is 10.2 Å². The highest BCUT2D eigenvalue weighted by atomic mass is 19.2. The molecule has 1 saturated heterocycles. The van der Waals surface area contributed by atoms with Crippen LogP contribution in [-0.4, -0.2) is 50.8 Å². The molecular formula is C24H28F3N3O3. The molecule has 33 heavy (non-hydrogen) atoms. The number of nitrogens with zero attached hydrogens (tertiary/aromatic N) is 1. The van der Waals surface area contributed by atoms with E-state index in [1.807, 2.05) is 12.1 Å². The molecule has 3 atom stereocenters. The van der Waals surface area contributed by atoms with E-state index >= 15 is 0 Å². The fourth-order valence-corrected chi connectivity index (χ4v) is 5.36. The lowest BCUT2D eigenvalue weighted by atomic mass is 9.65. The van der Waals surface area contributed by atoms with Crippen molar-refractivity contribution in [1.29, 1.82) is 0 Å². The summed E-state index contributed by atoms with van der Waals surface area (Å²) >= 11 is 0. The van der Waals surface area contributed by atoms with Crippen LogP contribution in [0, 0.1) is 17.5 Å². The van der Waals surface area contributed by atoms with E-state index in [-0.39, 0.29) is 17.5 Å². The Kier molecular flexibility index (Phi) is 6.43. The smallest absolute Gasteiger partial charge is 0.319 e. The highest BCUT2D eigenvalue weighted by Crippen LogP contribution is 2.49. The third-order valence-corrected chi connectivity index (χ3v) is 7.10. The molecule has 2 N–H and O–H groups in total. The van der Waals surface area contributed by atoms with Gasteiger partial charge in [-0.25, -0.2) is 18.0 Å². The largest absolute Gasteiger partial charge is 0.493 e. The molecule has 4 rings (SSSR count). The van der Waals surface area contributed by atoms with Crippen molar-refractivity contribution >= 4 is 11.7 Å². The summed E-state index contributed by atoms with van der Waals surface area (Å²) in [5.74, 6) is -2.97. The molecule has 9 heteroatoms. The molecule has 0 bridgehead atoms. The number of hydrogen-bond donors (Lipinski definition) is 2. The van der Waals surface area contributed by atoms with Gasteiger partial charge in [-0.3, -0.25) is 0 Å². The Hall–Kier alpha value is -2.94. The van der Waals surface area contributed by atoms with Gasteiger partial charge in [-0.15, -0.1) is 0 Å². The summed E-state index contributed by atoms with van der Waals surface area (Å²) in [7, 11) is 5.30. The average molecular weight is 464 g/mol. The minimum absolute atomic E-state index is 0.0743. The van der Waals surface area contributed by atoms with Gasteiger partial charge in [-0.2, -0.15) is 0 Å². The molecule has 1 saturated carbocycles. The van der Waals surface area contributed by atoms with Crippen molar-refractivity contribution in [3.63, 3.8) is 0 Å². The first-order valence-electron chi connectivity index (χ1n) is 10.9. The van der Waals surface area contributed by atoms with Gasteiger partial charge in [-0.1, -0.05) is 6.07 Å². The second-order valence-electron chi connectivity index (χ2n) is 8.76. The van der Waals surface area contributed by atoms with Crippen molar-refractivity contribution in [3.05, 3.63) is 53.3 Å². The summed E-state index contributed by atoms with van der Waals surface area (Å²) in [5.41, 5.74) is 0.705. The van der Waals surface area contributed by atoms with E-state index in [2.05, 4.69) is 28.6 Å². The fraction of sp³-hybridized carbons (Fsp3) is 0.458. The Morgan fingerprint density at radius 2 is 1.82 bits per heavy atom. The molecular weight excluding hydrogens is 435 g/mol. The van der Waals surface area contributed by atoms with E-state index in [1.165, 1.54) is 5.56 Å². The minimum Gasteiger partial charge on any atom is -0.493 e. The van der Waals surface area contributed by atoms with E-state index in [0.29, 0.717) is 17.9 Å². The molecule has 0 spiro atoms. The van der Waals surface area contributed by atoms with E-state index in [4.69, 9.17) is 9.47 Å². The zero-order chi connectivity index (χ0) is 23.8. The predicted molar refractivity (Wildman–Crippen MR) is 118 cm³/mol. The van der Waals surface area contributed by atoms with E-state index in [1.54, 1.807) is 14.2 Å². The molecule has 1 heterocycles. The number of hydrogen-bond acceptors (Lipinski definition) is 4. The Labute approximate surface area is 191 Å². The number of urea groups is 1. The number of ether oxygens (including phenoxy) is 2. The molecule has 6 nitrogen and oxygen atoms in total. The monoisotopic (exact) mass is 463 g/mol. The second-order valence-corrected chi connectivity index (χ2v) is 8.76. The number of halogens is 3.